The van der Waals surface area contributed by atoms with Gasteiger partial charge < -0.3 is 20.9 Å². The molecule has 0 aliphatic heterocycles. The summed E-state index contributed by atoms with van der Waals surface area (Å²) in [5.74, 6) is 1.31. The van der Waals surface area contributed by atoms with E-state index >= 15 is 0 Å². The minimum atomic E-state index is -0.0795. The highest BCUT2D eigenvalue weighted by Gasteiger charge is 2.04. The molecule has 0 radical (unpaired) electrons. The van der Waals surface area contributed by atoms with Crippen LogP contribution in [0.15, 0.2) is 28.4 Å². The largest absolute Gasteiger partial charge is 0.493 e. The number of guanidine groups is 1. The fourth-order valence-electron chi connectivity index (χ4n) is 1.58. The Labute approximate surface area is 119 Å². The summed E-state index contributed by atoms with van der Waals surface area (Å²) in [5.41, 5.74) is 11.2. The number of hydrogen-bond acceptors (Lipinski definition) is 4. The van der Waals surface area contributed by atoms with Crippen LogP contribution in [0.2, 0.25) is 0 Å². The molecule has 0 aliphatic rings. The smallest absolute Gasteiger partial charge is 0.211 e. The Bertz CT molecular complexity index is 468. The van der Waals surface area contributed by atoms with E-state index in [1.165, 1.54) is 6.42 Å². The molecule has 0 amide bonds. The standard InChI is InChI=1S/C14H22N4O2/c1-3-4-5-8-20-12-7-6-11(9-13(12)19-2)10-17-18-14(15)16/h6-7,9-10H,3-5,8H2,1-2H3,(H4,15,16,18). The summed E-state index contributed by atoms with van der Waals surface area (Å²) < 4.78 is 11.0. The second-order valence-corrected chi connectivity index (χ2v) is 4.24. The summed E-state index contributed by atoms with van der Waals surface area (Å²) in [6, 6.07) is 5.53. The molecule has 1 aromatic rings. The van der Waals surface area contributed by atoms with Crippen molar-refractivity contribution in [2.45, 2.75) is 26.2 Å². The number of unbranched alkanes of at least 4 members (excludes halogenated alkanes) is 2. The lowest BCUT2D eigenvalue weighted by molar-refractivity contribution is 0.286. The average molecular weight is 278 g/mol. The van der Waals surface area contributed by atoms with Crippen LogP contribution in [0.25, 0.3) is 0 Å². The molecule has 6 nitrogen and oxygen atoms in total. The van der Waals surface area contributed by atoms with Crippen LogP contribution in [0, 0.1) is 0 Å². The van der Waals surface area contributed by atoms with E-state index in [0.29, 0.717) is 12.4 Å². The molecule has 6 heteroatoms. The topological polar surface area (TPSA) is 95.2 Å². The van der Waals surface area contributed by atoms with Crippen molar-refractivity contribution in [2.75, 3.05) is 13.7 Å². The van der Waals surface area contributed by atoms with Gasteiger partial charge in [-0.2, -0.15) is 5.10 Å². The van der Waals surface area contributed by atoms with Crippen LogP contribution in [-0.2, 0) is 0 Å². The molecule has 0 bridgehead atoms. The second kappa shape index (κ2) is 8.79. The van der Waals surface area contributed by atoms with Gasteiger partial charge >= 0.3 is 0 Å². The summed E-state index contributed by atoms with van der Waals surface area (Å²) in [6.45, 7) is 2.84. The fourth-order valence-corrected chi connectivity index (χ4v) is 1.58. The van der Waals surface area contributed by atoms with Crippen molar-refractivity contribution in [1.82, 2.24) is 0 Å². The Kier molecular flexibility index (Phi) is 6.95. The van der Waals surface area contributed by atoms with E-state index in [-0.39, 0.29) is 5.96 Å². The zero-order valence-electron chi connectivity index (χ0n) is 12.0. The van der Waals surface area contributed by atoms with Crippen LogP contribution in [0.3, 0.4) is 0 Å². The number of benzene rings is 1. The Hall–Kier alpha value is -2.24. The number of methoxy groups -OCH3 is 1. The Morgan fingerprint density at radius 2 is 2.05 bits per heavy atom. The van der Waals surface area contributed by atoms with Gasteiger partial charge in [0, 0.05) is 0 Å². The molecule has 0 unspecified atom stereocenters. The lowest BCUT2D eigenvalue weighted by Crippen LogP contribution is -2.21. The van der Waals surface area contributed by atoms with Crippen LogP contribution in [-0.4, -0.2) is 25.9 Å². The number of nitrogens with two attached hydrogens (primary N) is 2. The van der Waals surface area contributed by atoms with Gasteiger partial charge in [-0.1, -0.05) is 19.8 Å². The molecule has 1 rings (SSSR count). The zero-order chi connectivity index (χ0) is 14.8. The molecule has 0 aliphatic carbocycles. The van der Waals surface area contributed by atoms with Gasteiger partial charge in [0.1, 0.15) is 0 Å². The van der Waals surface area contributed by atoms with E-state index in [4.69, 9.17) is 20.9 Å². The molecule has 0 saturated carbocycles. The molecular weight excluding hydrogens is 256 g/mol. The average Bonchev–Trinajstić information content (AvgIpc) is 2.44. The molecule has 0 aromatic heterocycles. The van der Waals surface area contributed by atoms with Gasteiger partial charge in [-0.25, -0.2) is 0 Å². The van der Waals surface area contributed by atoms with Gasteiger partial charge in [-0.05, 0) is 30.2 Å². The van der Waals surface area contributed by atoms with Crippen LogP contribution < -0.4 is 20.9 Å². The molecule has 0 saturated heterocycles. The monoisotopic (exact) mass is 278 g/mol. The van der Waals surface area contributed by atoms with Gasteiger partial charge in [0.2, 0.25) is 5.96 Å². The molecular formula is C14H22N4O2. The van der Waals surface area contributed by atoms with E-state index in [1.54, 1.807) is 13.3 Å². The first-order chi connectivity index (χ1) is 9.67. The van der Waals surface area contributed by atoms with E-state index in [0.717, 1.165) is 24.2 Å². The first-order valence-electron chi connectivity index (χ1n) is 6.60. The molecule has 20 heavy (non-hydrogen) atoms. The zero-order valence-corrected chi connectivity index (χ0v) is 12.0. The molecule has 4 N–H and O–H groups in total. The lowest BCUT2D eigenvalue weighted by Gasteiger charge is -2.10. The quantitative estimate of drug-likeness (QED) is 0.328. The third-order valence-corrected chi connectivity index (χ3v) is 2.57. The number of nitrogens with zero attached hydrogens (tertiary/aromatic N) is 2. The van der Waals surface area contributed by atoms with Crippen molar-refractivity contribution < 1.29 is 9.47 Å². The highest BCUT2D eigenvalue weighted by molar-refractivity contribution is 5.82. The van der Waals surface area contributed by atoms with Crippen molar-refractivity contribution in [1.29, 1.82) is 0 Å². The first kappa shape index (κ1) is 15.8. The highest BCUT2D eigenvalue weighted by Crippen LogP contribution is 2.27. The van der Waals surface area contributed by atoms with Crippen LogP contribution in [0.1, 0.15) is 31.7 Å². The minimum Gasteiger partial charge on any atom is -0.493 e. The van der Waals surface area contributed by atoms with Gasteiger partial charge in [0.25, 0.3) is 0 Å². The van der Waals surface area contributed by atoms with E-state index < -0.39 is 0 Å². The minimum absolute atomic E-state index is 0.0795. The maximum atomic E-state index is 5.69. The number of hydrogen-bond donors (Lipinski definition) is 2. The van der Waals surface area contributed by atoms with Crippen molar-refractivity contribution in [3.8, 4) is 11.5 Å². The predicted molar refractivity (Wildman–Crippen MR) is 81.4 cm³/mol. The molecule has 1 aromatic carbocycles. The van der Waals surface area contributed by atoms with Crippen molar-refractivity contribution in [3.63, 3.8) is 0 Å². The SMILES string of the molecule is CCCCCOc1ccc(C=NN=C(N)N)cc1OC. The van der Waals surface area contributed by atoms with Gasteiger partial charge in [0.05, 0.1) is 19.9 Å². The summed E-state index contributed by atoms with van der Waals surface area (Å²) in [4.78, 5) is 0. The normalized spacial score (nSPS) is 10.5. The molecule has 110 valence electrons. The van der Waals surface area contributed by atoms with Crippen molar-refractivity contribution in [3.05, 3.63) is 23.8 Å². The van der Waals surface area contributed by atoms with E-state index in [1.807, 2.05) is 18.2 Å². The molecule has 0 atom stereocenters. The van der Waals surface area contributed by atoms with Gasteiger partial charge in [0.15, 0.2) is 11.5 Å². The predicted octanol–water partition coefficient (Wildman–Crippen LogP) is 1.87. The molecule has 0 heterocycles. The summed E-state index contributed by atoms with van der Waals surface area (Å²) >= 11 is 0. The number of ether oxygens (including phenoxy) is 2. The summed E-state index contributed by atoms with van der Waals surface area (Å²) in [7, 11) is 1.60. The fraction of sp³-hybridized carbons (Fsp3) is 0.429. The Balaban J connectivity index is 2.69. The first-order valence-corrected chi connectivity index (χ1v) is 6.60. The second-order valence-electron chi connectivity index (χ2n) is 4.24. The van der Waals surface area contributed by atoms with Crippen molar-refractivity contribution in [2.24, 2.45) is 21.7 Å². The Morgan fingerprint density at radius 3 is 2.70 bits per heavy atom. The maximum Gasteiger partial charge on any atom is 0.211 e. The van der Waals surface area contributed by atoms with Gasteiger partial charge in [-0.3, -0.25) is 0 Å². The third kappa shape index (κ3) is 5.60. The van der Waals surface area contributed by atoms with E-state index in [9.17, 15) is 0 Å². The highest BCUT2D eigenvalue weighted by atomic mass is 16.5. The summed E-state index contributed by atoms with van der Waals surface area (Å²) in [5, 5.41) is 7.29. The van der Waals surface area contributed by atoms with Crippen LogP contribution >= 0.6 is 0 Å². The summed E-state index contributed by atoms with van der Waals surface area (Å²) in [6.07, 6.45) is 4.91. The third-order valence-electron chi connectivity index (χ3n) is 2.57. The van der Waals surface area contributed by atoms with E-state index in [2.05, 4.69) is 17.1 Å². The van der Waals surface area contributed by atoms with Gasteiger partial charge in [-0.15, -0.1) is 5.10 Å². The maximum absolute atomic E-state index is 5.69. The van der Waals surface area contributed by atoms with Crippen molar-refractivity contribution >= 4 is 12.2 Å². The van der Waals surface area contributed by atoms with Crippen LogP contribution in [0.5, 0.6) is 11.5 Å². The molecule has 0 fully saturated rings. The number of rotatable bonds is 8. The Morgan fingerprint density at radius 1 is 1.25 bits per heavy atom. The molecule has 0 spiro atoms. The van der Waals surface area contributed by atoms with Crippen LogP contribution in [0.4, 0.5) is 0 Å². The lowest BCUT2D eigenvalue weighted by atomic mass is 10.2.